The molecule has 0 N–H and O–H groups in total. The van der Waals surface area contributed by atoms with Gasteiger partial charge < -0.3 is 14.4 Å². The molecule has 6 nitrogen and oxygen atoms in total. The number of fused-ring (bicyclic) bond motifs is 1. The number of morpholine rings is 1. The van der Waals surface area contributed by atoms with Crippen molar-refractivity contribution in [2.24, 2.45) is 0 Å². The molecule has 0 bridgehead atoms. The van der Waals surface area contributed by atoms with E-state index in [4.69, 9.17) is 9.47 Å². The van der Waals surface area contributed by atoms with Crippen molar-refractivity contribution < 1.29 is 14.3 Å². The number of carbonyl (C=O) groups is 1. The lowest BCUT2D eigenvalue weighted by Crippen LogP contribution is -2.54. The van der Waals surface area contributed by atoms with Gasteiger partial charge in [-0.25, -0.2) is 4.98 Å². The van der Waals surface area contributed by atoms with Crippen LogP contribution in [0.3, 0.4) is 0 Å². The maximum Gasteiger partial charge on any atom is 0.229 e. The summed E-state index contributed by atoms with van der Waals surface area (Å²) in [6.07, 6.45) is 5.35. The van der Waals surface area contributed by atoms with Crippen LogP contribution in [0.15, 0.2) is 48.8 Å². The summed E-state index contributed by atoms with van der Waals surface area (Å²) in [4.78, 5) is 23.2. The lowest BCUT2D eigenvalue weighted by atomic mass is 10.1. The van der Waals surface area contributed by atoms with Crippen molar-refractivity contribution in [2.75, 3.05) is 13.2 Å². The number of carbonyl (C=O) groups excluding carboxylic acids is 1. The standard InChI is InChI=1S/C19H21N3O3/c23-18(13-14-5-1-3-9-20-14)22-11-12-24-19-15(22)7-8-16(19)25-17-6-2-4-10-21-17/h1-6,9-10,15-16,19H,7-8,11-13H2/t15-,16+,19+/m0/s1. The molecule has 1 amide bonds. The molecule has 25 heavy (non-hydrogen) atoms. The number of hydrogen-bond acceptors (Lipinski definition) is 5. The molecule has 3 atom stereocenters. The fraction of sp³-hybridized carbons (Fsp3) is 0.421. The molecule has 1 saturated heterocycles. The predicted molar refractivity (Wildman–Crippen MR) is 91.1 cm³/mol. The van der Waals surface area contributed by atoms with E-state index in [9.17, 15) is 4.79 Å². The van der Waals surface area contributed by atoms with Gasteiger partial charge in [0.1, 0.15) is 12.2 Å². The zero-order valence-corrected chi connectivity index (χ0v) is 14.0. The highest BCUT2D eigenvalue weighted by molar-refractivity contribution is 5.79. The number of ether oxygens (including phenoxy) is 2. The summed E-state index contributed by atoms with van der Waals surface area (Å²) in [5, 5.41) is 0. The molecule has 6 heteroatoms. The third kappa shape index (κ3) is 3.49. The molecule has 1 aliphatic heterocycles. The van der Waals surface area contributed by atoms with Crippen molar-refractivity contribution in [1.82, 2.24) is 14.9 Å². The lowest BCUT2D eigenvalue weighted by Gasteiger charge is -2.39. The van der Waals surface area contributed by atoms with Gasteiger partial charge in [-0.1, -0.05) is 12.1 Å². The van der Waals surface area contributed by atoms with Crippen molar-refractivity contribution >= 4 is 5.91 Å². The maximum absolute atomic E-state index is 12.8. The Balaban J connectivity index is 1.43. The largest absolute Gasteiger partial charge is 0.471 e. The van der Waals surface area contributed by atoms with Gasteiger partial charge in [-0.15, -0.1) is 0 Å². The van der Waals surface area contributed by atoms with Crippen LogP contribution in [0.5, 0.6) is 5.88 Å². The number of hydrogen-bond donors (Lipinski definition) is 0. The molecular formula is C19H21N3O3. The fourth-order valence-corrected chi connectivity index (χ4v) is 3.68. The van der Waals surface area contributed by atoms with Crippen molar-refractivity contribution in [1.29, 1.82) is 0 Å². The Hall–Kier alpha value is -2.47. The van der Waals surface area contributed by atoms with Crippen LogP contribution in [0.25, 0.3) is 0 Å². The summed E-state index contributed by atoms with van der Waals surface area (Å²) in [5.74, 6) is 0.712. The number of rotatable bonds is 4. The lowest BCUT2D eigenvalue weighted by molar-refractivity contribution is -0.147. The molecule has 0 radical (unpaired) electrons. The van der Waals surface area contributed by atoms with E-state index in [1.54, 1.807) is 12.4 Å². The van der Waals surface area contributed by atoms with Crippen LogP contribution in [-0.4, -0.2) is 52.2 Å². The summed E-state index contributed by atoms with van der Waals surface area (Å²) in [6.45, 7) is 1.17. The van der Waals surface area contributed by atoms with Crippen LogP contribution >= 0.6 is 0 Å². The van der Waals surface area contributed by atoms with Gasteiger partial charge in [0, 0.05) is 30.7 Å². The average Bonchev–Trinajstić information content (AvgIpc) is 3.06. The van der Waals surface area contributed by atoms with E-state index in [0.29, 0.717) is 25.5 Å². The van der Waals surface area contributed by atoms with Crippen LogP contribution in [0.2, 0.25) is 0 Å². The van der Waals surface area contributed by atoms with Gasteiger partial charge in [0.05, 0.1) is 19.1 Å². The predicted octanol–water partition coefficient (Wildman–Crippen LogP) is 1.86. The Kier molecular flexibility index (Phi) is 4.61. The molecule has 2 aromatic rings. The SMILES string of the molecule is O=C(Cc1ccccn1)N1CCO[C@H]2[C@H](Oc3ccccn3)CC[C@@H]21. The van der Waals surface area contributed by atoms with E-state index in [2.05, 4.69) is 9.97 Å². The normalized spacial score (nSPS) is 25.4. The average molecular weight is 339 g/mol. The molecule has 0 spiro atoms. The third-order valence-electron chi connectivity index (χ3n) is 4.82. The van der Waals surface area contributed by atoms with Gasteiger partial charge in [0.2, 0.25) is 11.8 Å². The van der Waals surface area contributed by atoms with E-state index in [1.807, 2.05) is 41.3 Å². The summed E-state index contributed by atoms with van der Waals surface area (Å²) in [7, 11) is 0. The van der Waals surface area contributed by atoms with E-state index >= 15 is 0 Å². The minimum absolute atomic E-state index is 0.0645. The summed E-state index contributed by atoms with van der Waals surface area (Å²) >= 11 is 0. The molecule has 4 rings (SSSR count). The Labute approximate surface area is 146 Å². The zero-order chi connectivity index (χ0) is 17.1. The molecule has 2 fully saturated rings. The molecule has 0 aromatic carbocycles. The first-order valence-corrected chi connectivity index (χ1v) is 8.70. The van der Waals surface area contributed by atoms with Gasteiger partial charge in [-0.3, -0.25) is 9.78 Å². The number of pyridine rings is 2. The van der Waals surface area contributed by atoms with Crippen LogP contribution in [0, 0.1) is 0 Å². The number of nitrogens with zero attached hydrogens (tertiary/aromatic N) is 3. The Bertz CT molecular complexity index is 710. The van der Waals surface area contributed by atoms with Gasteiger partial charge in [0.15, 0.2) is 0 Å². The van der Waals surface area contributed by atoms with Crippen molar-refractivity contribution in [3.8, 4) is 5.88 Å². The molecular weight excluding hydrogens is 318 g/mol. The Morgan fingerprint density at radius 2 is 2.00 bits per heavy atom. The molecule has 1 aliphatic carbocycles. The van der Waals surface area contributed by atoms with Crippen molar-refractivity contribution in [3.05, 3.63) is 54.5 Å². The van der Waals surface area contributed by atoms with E-state index < -0.39 is 0 Å². The van der Waals surface area contributed by atoms with Gasteiger partial charge in [0.25, 0.3) is 0 Å². The van der Waals surface area contributed by atoms with Gasteiger partial charge in [-0.2, -0.15) is 0 Å². The van der Waals surface area contributed by atoms with Crippen LogP contribution < -0.4 is 4.74 Å². The van der Waals surface area contributed by atoms with Crippen LogP contribution in [0.4, 0.5) is 0 Å². The minimum Gasteiger partial charge on any atom is -0.471 e. The molecule has 3 heterocycles. The third-order valence-corrected chi connectivity index (χ3v) is 4.82. The highest BCUT2D eigenvalue weighted by Crippen LogP contribution is 2.32. The molecule has 130 valence electrons. The second kappa shape index (κ2) is 7.19. The van der Waals surface area contributed by atoms with Crippen molar-refractivity contribution in [3.63, 3.8) is 0 Å². The Morgan fingerprint density at radius 1 is 1.16 bits per heavy atom. The summed E-state index contributed by atoms with van der Waals surface area (Å²) in [5.41, 5.74) is 0.801. The molecule has 2 aromatic heterocycles. The Morgan fingerprint density at radius 3 is 2.76 bits per heavy atom. The topological polar surface area (TPSA) is 64.6 Å². The first-order chi connectivity index (χ1) is 12.3. The summed E-state index contributed by atoms with van der Waals surface area (Å²) in [6, 6.07) is 11.3. The van der Waals surface area contributed by atoms with E-state index in [0.717, 1.165) is 18.5 Å². The first-order valence-electron chi connectivity index (χ1n) is 8.70. The first kappa shape index (κ1) is 16.0. The summed E-state index contributed by atoms with van der Waals surface area (Å²) < 4.78 is 12.0. The highest BCUT2D eigenvalue weighted by Gasteiger charge is 2.45. The zero-order valence-electron chi connectivity index (χ0n) is 14.0. The fourth-order valence-electron chi connectivity index (χ4n) is 3.68. The molecule has 0 unspecified atom stereocenters. The van der Waals surface area contributed by atoms with Gasteiger partial charge >= 0.3 is 0 Å². The smallest absolute Gasteiger partial charge is 0.229 e. The van der Waals surface area contributed by atoms with Gasteiger partial charge in [-0.05, 0) is 31.0 Å². The van der Waals surface area contributed by atoms with Crippen molar-refractivity contribution in [2.45, 2.75) is 37.5 Å². The van der Waals surface area contributed by atoms with E-state index in [1.165, 1.54) is 0 Å². The highest BCUT2D eigenvalue weighted by atomic mass is 16.5. The van der Waals surface area contributed by atoms with Crippen LogP contribution in [-0.2, 0) is 16.0 Å². The second-order valence-corrected chi connectivity index (χ2v) is 6.39. The van der Waals surface area contributed by atoms with Crippen LogP contribution in [0.1, 0.15) is 18.5 Å². The van der Waals surface area contributed by atoms with E-state index in [-0.39, 0.29) is 24.2 Å². The number of amides is 1. The quantitative estimate of drug-likeness (QED) is 0.851. The maximum atomic E-state index is 12.8. The molecule has 2 aliphatic rings. The minimum atomic E-state index is -0.0940. The molecule has 1 saturated carbocycles. The second-order valence-electron chi connectivity index (χ2n) is 6.39. The monoisotopic (exact) mass is 339 g/mol. The number of aromatic nitrogens is 2.